The molecule has 19 rings (SSSR count). The van der Waals surface area contributed by atoms with E-state index in [0.717, 1.165) is 12.8 Å². The number of anilines is 8. The lowest BCUT2D eigenvalue weighted by Gasteiger charge is -2.52. The maximum atomic E-state index is 2.90. The largest absolute Gasteiger partial charge is 0.334 e. The van der Waals surface area contributed by atoms with Crippen LogP contribution < -0.4 is 31.1 Å². The summed E-state index contributed by atoms with van der Waals surface area (Å²) in [5.74, 6) is 0. The van der Waals surface area contributed by atoms with Gasteiger partial charge in [0.05, 0.1) is 5.54 Å². The number of hydrogen-bond acceptors (Lipinski definition) is 3. The summed E-state index contributed by atoms with van der Waals surface area (Å²) in [5.41, 5.74) is 39.4. The third kappa shape index (κ3) is 8.60. The Morgan fingerprint density at radius 2 is 0.604 bits per heavy atom. The van der Waals surface area contributed by atoms with E-state index in [1.807, 2.05) is 0 Å². The number of fused-ring (bicyclic) bond motifs is 15. The lowest BCUT2D eigenvalue weighted by molar-refractivity contribution is 0.195. The lowest BCUT2D eigenvalue weighted by atomic mass is 9.32. The smallest absolute Gasteiger partial charge is 0.252 e. The van der Waals surface area contributed by atoms with Gasteiger partial charge in [-0.05, 0) is 214 Å². The Morgan fingerprint density at radius 1 is 0.274 bits per heavy atom. The Bertz CT molecular complexity index is 5390. The van der Waals surface area contributed by atoms with Crippen molar-refractivity contribution in [1.82, 2.24) is 0 Å². The van der Waals surface area contributed by atoms with Crippen LogP contribution in [0.3, 0.4) is 0 Å². The van der Waals surface area contributed by atoms with Gasteiger partial charge >= 0.3 is 0 Å². The van der Waals surface area contributed by atoms with Gasteiger partial charge in [0.15, 0.2) is 0 Å². The van der Waals surface area contributed by atoms with Crippen LogP contribution >= 0.6 is 0 Å². The third-order valence-corrected chi connectivity index (χ3v) is 29.8. The molecule has 3 nitrogen and oxygen atoms in total. The average Bonchev–Trinajstić information content (AvgIpc) is 1.31. The number of hydrogen-bond donors (Lipinski definition) is 0. The molecule has 532 valence electrons. The Hall–Kier alpha value is -9.12. The van der Waals surface area contributed by atoms with Gasteiger partial charge in [-0.3, -0.25) is 0 Å². The van der Waals surface area contributed by atoms with Crippen molar-refractivity contribution in [1.29, 1.82) is 0 Å². The van der Waals surface area contributed by atoms with Gasteiger partial charge in [-0.1, -0.05) is 303 Å². The van der Waals surface area contributed by atoms with Crippen molar-refractivity contribution in [2.75, 3.05) is 14.7 Å². The van der Waals surface area contributed by atoms with Crippen molar-refractivity contribution in [2.24, 2.45) is 0 Å². The summed E-state index contributed by atoms with van der Waals surface area (Å²) in [7, 11) is 0. The fourth-order valence-electron chi connectivity index (χ4n) is 23.2. The second-order valence-corrected chi connectivity index (χ2v) is 39.3. The zero-order chi connectivity index (χ0) is 74.3. The van der Waals surface area contributed by atoms with Gasteiger partial charge in [0.1, 0.15) is 0 Å². The predicted molar refractivity (Wildman–Crippen MR) is 450 cm³/mol. The topological polar surface area (TPSA) is 9.72 Å². The molecule has 8 aliphatic rings. The summed E-state index contributed by atoms with van der Waals surface area (Å²) >= 11 is 0. The average molecular weight is 1380 g/mol. The standard InChI is InChI=1S/C102H106BN3/c1-92(2,3)63-43-40-61(41-44-63)62-42-49-86-83(52-62)101(20)50-30-31-51-102(101,21)106(86)66-55-89-91-90(56-66)105(65-46-48-76-78(54-65)96(10,11)70-35-25-23-33-68(70)94(76,6)7)88-60-82-80(98(14,15)72-37-27-29-39-74(72)100(82,18)19)58-85(88)103(91)84-57-79-81(99(16,17)73-38-28-26-36-71(73)97(79,12)13)59-87(84)104(89)64-45-47-75-77(53-64)95(8,9)69-34-24-22-32-67(69)93(75,4)5/h22-29,32-49,52-60H,30-31,50-51H2,1-21H3. The molecule has 0 bridgehead atoms. The summed E-state index contributed by atoms with van der Waals surface area (Å²) < 4.78 is 0. The molecule has 1 saturated carbocycles. The van der Waals surface area contributed by atoms with Gasteiger partial charge < -0.3 is 14.7 Å². The van der Waals surface area contributed by atoms with Crippen LogP contribution in [-0.4, -0.2) is 12.3 Å². The van der Waals surface area contributed by atoms with Gasteiger partial charge in [-0.25, -0.2) is 0 Å². The highest BCUT2D eigenvalue weighted by atomic mass is 15.3. The van der Waals surface area contributed by atoms with E-state index in [1.165, 1.54) is 186 Å². The van der Waals surface area contributed by atoms with Crippen LogP contribution in [0, 0.1) is 0 Å². The molecule has 0 saturated heterocycles. The molecule has 106 heavy (non-hydrogen) atoms. The SMILES string of the molecule is CC(C)(C)c1ccc(-c2ccc3c(c2)C2(C)CCCCC2(C)N3c2cc3c4c(c2)N(c2ccc5c(c2)C(C)(C)c2ccccc2C5(C)C)c2cc5c(cc2B4c2cc4c(cc2N3c2ccc3c(c2)C(C)(C)c2ccccc2C3(C)C)C(C)(C)c2ccccc2C4(C)C)C(C)(C)c2ccccc2C5(C)C)cc1. The highest BCUT2D eigenvalue weighted by molar-refractivity contribution is 7.00. The molecule has 0 aromatic heterocycles. The molecular formula is C102H106BN3. The molecule has 2 unspecified atom stereocenters. The molecule has 3 heterocycles. The van der Waals surface area contributed by atoms with Gasteiger partial charge in [-0.15, -0.1) is 0 Å². The molecule has 11 aromatic carbocycles. The van der Waals surface area contributed by atoms with E-state index in [2.05, 4.69) is 372 Å². The fourth-order valence-corrected chi connectivity index (χ4v) is 23.2. The summed E-state index contributed by atoms with van der Waals surface area (Å²) in [6, 6.07) is 86.3. The maximum absolute atomic E-state index is 2.90. The molecule has 0 N–H and O–H groups in total. The van der Waals surface area contributed by atoms with Crippen LogP contribution in [0.1, 0.15) is 271 Å². The van der Waals surface area contributed by atoms with Crippen molar-refractivity contribution in [3.8, 4) is 11.1 Å². The Morgan fingerprint density at radius 3 is 0.981 bits per heavy atom. The highest BCUT2D eigenvalue weighted by Gasteiger charge is 2.59. The Labute approximate surface area is 633 Å². The predicted octanol–water partition coefficient (Wildman–Crippen LogP) is 24.3. The number of benzene rings is 11. The minimum atomic E-state index is -0.313. The Balaban J connectivity index is 0.962. The first-order chi connectivity index (χ1) is 50.0. The van der Waals surface area contributed by atoms with Crippen LogP contribution in [0.4, 0.5) is 45.5 Å². The van der Waals surface area contributed by atoms with Crippen LogP contribution in [0.15, 0.2) is 212 Å². The molecule has 0 amide bonds. The molecule has 1 fully saturated rings. The summed E-state index contributed by atoms with van der Waals surface area (Å²) in [5, 5.41) is 0. The summed E-state index contributed by atoms with van der Waals surface area (Å²) in [6.07, 6.45) is 4.57. The van der Waals surface area contributed by atoms with Gasteiger partial charge in [0, 0.05) is 94.2 Å². The normalized spacial score (nSPS) is 22.1. The highest BCUT2D eigenvalue weighted by Crippen LogP contribution is 2.64. The molecule has 0 radical (unpaired) electrons. The van der Waals surface area contributed by atoms with E-state index >= 15 is 0 Å². The maximum Gasteiger partial charge on any atom is 0.252 e. The zero-order valence-electron chi connectivity index (χ0n) is 67.0. The van der Waals surface area contributed by atoms with Crippen molar-refractivity contribution in [3.05, 3.63) is 312 Å². The second-order valence-electron chi connectivity index (χ2n) is 39.3. The van der Waals surface area contributed by atoms with Crippen molar-refractivity contribution in [3.63, 3.8) is 0 Å². The van der Waals surface area contributed by atoms with Crippen LogP contribution in [0.5, 0.6) is 0 Å². The van der Waals surface area contributed by atoms with Crippen LogP contribution in [0.2, 0.25) is 0 Å². The van der Waals surface area contributed by atoms with Crippen LogP contribution in [0.25, 0.3) is 11.1 Å². The van der Waals surface area contributed by atoms with Crippen molar-refractivity contribution in [2.45, 2.75) is 231 Å². The molecule has 2 atom stereocenters. The van der Waals surface area contributed by atoms with Gasteiger partial charge in [0.25, 0.3) is 6.71 Å². The monoisotopic (exact) mass is 1380 g/mol. The molecule has 11 aromatic rings. The third-order valence-electron chi connectivity index (χ3n) is 29.8. The molecule has 5 aliphatic carbocycles. The second kappa shape index (κ2) is 21.4. The van der Waals surface area contributed by atoms with E-state index in [-0.39, 0.29) is 66.4 Å². The van der Waals surface area contributed by atoms with E-state index in [9.17, 15) is 0 Å². The van der Waals surface area contributed by atoms with E-state index < -0.39 is 0 Å². The van der Waals surface area contributed by atoms with Gasteiger partial charge in [0.2, 0.25) is 0 Å². The van der Waals surface area contributed by atoms with E-state index in [1.54, 1.807) is 0 Å². The zero-order valence-corrected chi connectivity index (χ0v) is 67.0. The summed E-state index contributed by atoms with van der Waals surface area (Å²) in [4.78, 5) is 8.52. The lowest BCUT2D eigenvalue weighted by Crippen LogP contribution is -2.62. The Kier molecular flexibility index (Phi) is 13.6. The number of nitrogens with zero attached hydrogens (tertiary/aromatic N) is 3. The van der Waals surface area contributed by atoms with Gasteiger partial charge in [-0.2, -0.15) is 0 Å². The first kappa shape index (κ1) is 67.5. The first-order valence-electron chi connectivity index (χ1n) is 39.9. The molecule has 4 heteroatoms. The number of rotatable bonds is 4. The fraction of sp³-hybridized carbons (Fsp3) is 0.353. The molecular weight excluding hydrogens is 1280 g/mol. The molecule has 0 spiro atoms. The molecule has 3 aliphatic heterocycles. The first-order valence-corrected chi connectivity index (χ1v) is 39.9. The van der Waals surface area contributed by atoms with E-state index in [4.69, 9.17) is 0 Å². The van der Waals surface area contributed by atoms with E-state index in [0.29, 0.717) is 0 Å². The quantitative estimate of drug-likeness (QED) is 0.163. The minimum absolute atomic E-state index is 0.0649. The van der Waals surface area contributed by atoms with Crippen molar-refractivity contribution >= 4 is 68.6 Å². The van der Waals surface area contributed by atoms with Crippen molar-refractivity contribution < 1.29 is 0 Å². The van der Waals surface area contributed by atoms with Crippen LogP contribution in [-0.2, 0) is 54.1 Å². The summed E-state index contributed by atoms with van der Waals surface area (Å²) in [6.45, 7) is 51.9. The minimum Gasteiger partial charge on any atom is -0.334 e.